The zero-order chi connectivity index (χ0) is 22.2. The molecule has 160 valence electrons. The summed E-state index contributed by atoms with van der Waals surface area (Å²) in [4.78, 5) is 11.8. The number of carbonyl (C=O) groups excluding carboxylic acids is 1. The van der Waals surface area contributed by atoms with Gasteiger partial charge in [-0.3, -0.25) is 4.79 Å². The minimum atomic E-state index is -0.688. The molecule has 2 atom stereocenters. The van der Waals surface area contributed by atoms with Crippen molar-refractivity contribution in [2.75, 3.05) is 0 Å². The lowest BCUT2D eigenvalue weighted by Crippen LogP contribution is -2.31. The van der Waals surface area contributed by atoms with Gasteiger partial charge in [0.15, 0.2) is 0 Å². The highest BCUT2D eigenvalue weighted by Gasteiger charge is 2.29. The Labute approximate surface area is 182 Å². The lowest BCUT2D eigenvalue weighted by molar-refractivity contribution is -0.156. The van der Waals surface area contributed by atoms with Crippen LogP contribution in [-0.2, 0) is 9.53 Å². The monoisotopic (exact) mass is 418 g/mol. The second kappa shape index (κ2) is 8.27. The van der Waals surface area contributed by atoms with Crippen LogP contribution in [0.15, 0.2) is 66.3 Å². The van der Waals surface area contributed by atoms with Crippen molar-refractivity contribution in [3.8, 4) is 0 Å². The lowest BCUT2D eigenvalue weighted by Gasteiger charge is -2.27. The van der Waals surface area contributed by atoms with Crippen molar-refractivity contribution >= 4 is 17.6 Å². The number of benzene rings is 2. The van der Waals surface area contributed by atoms with Crippen LogP contribution in [0, 0.1) is 18.2 Å². The molecule has 1 saturated heterocycles. The van der Waals surface area contributed by atoms with E-state index in [0.717, 1.165) is 27.8 Å². The molecule has 0 aromatic heterocycles. The third-order valence-corrected chi connectivity index (χ3v) is 5.99. The van der Waals surface area contributed by atoms with Crippen LogP contribution in [-0.4, -0.2) is 23.3 Å². The van der Waals surface area contributed by atoms with Gasteiger partial charge in [0.2, 0.25) is 0 Å². The van der Waals surface area contributed by atoms with Gasteiger partial charge in [-0.25, -0.2) is 4.39 Å². The van der Waals surface area contributed by atoms with Crippen LogP contribution >= 0.6 is 0 Å². The van der Waals surface area contributed by atoms with Crippen molar-refractivity contribution in [1.29, 1.82) is 0 Å². The van der Waals surface area contributed by atoms with E-state index in [1.54, 1.807) is 6.92 Å². The van der Waals surface area contributed by atoms with Gasteiger partial charge in [0, 0.05) is 11.8 Å². The molecule has 0 radical (unpaired) electrons. The summed E-state index contributed by atoms with van der Waals surface area (Å²) in [5, 5.41) is 9.96. The average molecular weight is 419 g/mol. The molecule has 4 rings (SSSR count). The predicted octanol–water partition coefficient (Wildman–Crippen LogP) is 5.61. The molecular formula is C27H27FO3. The molecule has 1 fully saturated rings. The summed E-state index contributed by atoms with van der Waals surface area (Å²) in [6.07, 6.45) is 7.40. The molecule has 1 aliphatic heterocycles. The average Bonchev–Trinajstić information content (AvgIpc) is 2.82. The zero-order valence-electron chi connectivity index (χ0n) is 18.1. The fourth-order valence-corrected chi connectivity index (χ4v) is 4.26. The van der Waals surface area contributed by atoms with Gasteiger partial charge in [0.25, 0.3) is 0 Å². The number of aliphatic hydroxyl groups is 1. The van der Waals surface area contributed by atoms with Gasteiger partial charge < -0.3 is 9.84 Å². The molecule has 0 amide bonds. The number of aliphatic hydroxyl groups excluding tert-OH is 1. The number of hydrogen-bond acceptors (Lipinski definition) is 3. The molecule has 0 saturated carbocycles. The van der Waals surface area contributed by atoms with Crippen molar-refractivity contribution in [3.05, 3.63) is 94.3 Å². The van der Waals surface area contributed by atoms with E-state index in [9.17, 15) is 14.3 Å². The Morgan fingerprint density at radius 1 is 1.19 bits per heavy atom. The molecule has 2 aliphatic rings. The van der Waals surface area contributed by atoms with Gasteiger partial charge in [0.1, 0.15) is 11.9 Å². The molecule has 1 aliphatic carbocycles. The van der Waals surface area contributed by atoms with Gasteiger partial charge in [-0.05, 0) is 58.5 Å². The molecule has 1 heterocycles. The van der Waals surface area contributed by atoms with Crippen LogP contribution in [0.25, 0.3) is 11.6 Å². The highest BCUT2D eigenvalue weighted by Crippen LogP contribution is 2.43. The number of halogens is 1. The van der Waals surface area contributed by atoms with Gasteiger partial charge in [-0.1, -0.05) is 62.4 Å². The van der Waals surface area contributed by atoms with E-state index in [4.69, 9.17) is 4.74 Å². The molecular weight excluding hydrogens is 391 g/mol. The van der Waals surface area contributed by atoms with Crippen molar-refractivity contribution in [1.82, 2.24) is 0 Å². The molecule has 31 heavy (non-hydrogen) atoms. The summed E-state index contributed by atoms with van der Waals surface area (Å²) in [5.74, 6) is -0.619. The van der Waals surface area contributed by atoms with E-state index in [1.807, 2.05) is 36.4 Å². The van der Waals surface area contributed by atoms with Gasteiger partial charge in [0.05, 0.1) is 12.5 Å². The van der Waals surface area contributed by atoms with E-state index in [1.165, 1.54) is 6.07 Å². The SMILES string of the molecule is Cc1cc(C2=C(C=C[C@@H]3C[C@@H](O)CC(=O)O3)C(C)(C)C=Cc3ccccc32)ccc1F. The number of fused-ring (bicyclic) bond motifs is 1. The molecule has 0 spiro atoms. The molecule has 4 heteroatoms. The van der Waals surface area contributed by atoms with Gasteiger partial charge in [-0.15, -0.1) is 0 Å². The molecule has 0 bridgehead atoms. The number of carbonyl (C=O) groups is 1. The maximum Gasteiger partial charge on any atom is 0.309 e. The maximum atomic E-state index is 14.0. The number of cyclic esters (lactones) is 1. The fraction of sp³-hybridized carbons (Fsp3) is 0.296. The lowest BCUT2D eigenvalue weighted by atomic mass is 9.78. The quantitative estimate of drug-likeness (QED) is 0.659. The highest BCUT2D eigenvalue weighted by atomic mass is 19.1. The Hall–Kier alpha value is -2.98. The summed E-state index contributed by atoms with van der Waals surface area (Å²) >= 11 is 0. The minimum Gasteiger partial charge on any atom is -0.458 e. The van der Waals surface area contributed by atoms with E-state index in [-0.39, 0.29) is 23.6 Å². The minimum absolute atomic E-state index is 0.0365. The smallest absolute Gasteiger partial charge is 0.309 e. The first-order valence-corrected chi connectivity index (χ1v) is 10.6. The summed E-state index contributed by atoms with van der Waals surface area (Å²) in [6.45, 7) is 6.03. The first-order valence-electron chi connectivity index (χ1n) is 10.6. The summed E-state index contributed by atoms with van der Waals surface area (Å²) in [7, 11) is 0. The summed E-state index contributed by atoms with van der Waals surface area (Å²) in [5.41, 5.74) is 5.41. The van der Waals surface area contributed by atoms with E-state index >= 15 is 0 Å². The van der Waals surface area contributed by atoms with Crippen molar-refractivity contribution in [2.24, 2.45) is 5.41 Å². The van der Waals surface area contributed by atoms with Crippen LogP contribution in [0.2, 0.25) is 0 Å². The predicted molar refractivity (Wildman–Crippen MR) is 121 cm³/mol. The van der Waals surface area contributed by atoms with E-state index in [0.29, 0.717) is 12.0 Å². The summed E-state index contributed by atoms with van der Waals surface area (Å²) < 4.78 is 19.5. The number of hydrogen-bond donors (Lipinski definition) is 1. The second-order valence-corrected chi connectivity index (χ2v) is 8.88. The number of ether oxygens (including phenoxy) is 1. The third-order valence-electron chi connectivity index (χ3n) is 5.99. The largest absolute Gasteiger partial charge is 0.458 e. The van der Waals surface area contributed by atoms with Crippen LogP contribution < -0.4 is 0 Å². The second-order valence-electron chi connectivity index (χ2n) is 8.88. The van der Waals surface area contributed by atoms with Crippen molar-refractivity contribution < 1.29 is 19.0 Å². The molecule has 3 nitrogen and oxygen atoms in total. The Morgan fingerprint density at radius 3 is 2.71 bits per heavy atom. The number of esters is 1. The maximum absolute atomic E-state index is 14.0. The van der Waals surface area contributed by atoms with Crippen LogP contribution in [0.4, 0.5) is 4.39 Å². The highest BCUT2D eigenvalue weighted by molar-refractivity contribution is 5.90. The Morgan fingerprint density at radius 2 is 1.97 bits per heavy atom. The Kier molecular flexibility index (Phi) is 5.67. The van der Waals surface area contributed by atoms with E-state index < -0.39 is 12.2 Å². The fourth-order valence-electron chi connectivity index (χ4n) is 4.26. The number of aryl methyl sites for hydroxylation is 1. The first kappa shape index (κ1) is 21.3. The van der Waals surface area contributed by atoms with Crippen molar-refractivity contribution in [2.45, 2.75) is 45.8 Å². The van der Waals surface area contributed by atoms with E-state index in [2.05, 4.69) is 38.1 Å². The molecule has 1 N–H and O–H groups in total. The topological polar surface area (TPSA) is 46.5 Å². The zero-order valence-corrected chi connectivity index (χ0v) is 18.1. The van der Waals surface area contributed by atoms with Gasteiger partial charge >= 0.3 is 5.97 Å². The number of allylic oxidation sites excluding steroid dienone is 3. The molecule has 0 unspecified atom stereocenters. The van der Waals surface area contributed by atoms with Crippen molar-refractivity contribution in [3.63, 3.8) is 0 Å². The normalized spacial score (nSPS) is 22.9. The Balaban J connectivity index is 1.91. The van der Waals surface area contributed by atoms with Crippen LogP contribution in [0.1, 0.15) is 48.9 Å². The summed E-state index contributed by atoms with van der Waals surface area (Å²) in [6, 6.07) is 13.4. The first-order chi connectivity index (χ1) is 14.7. The third kappa shape index (κ3) is 4.40. The standard InChI is InChI=1S/C27H27FO3/c1-17-14-19(8-11-24(17)28)26-22-7-5-4-6-18(22)12-13-27(2,3)23(26)10-9-21-15-20(29)16-25(30)31-21/h4-14,20-21,29H,15-16H2,1-3H3/t20-,21-/m1/s1. The Bertz CT molecular complexity index is 1110. The number of rotatable bonds is 3. The van der Waals surface area contributed by atoms with Crippen LogP contribution in [0.3, 0.4) is 0 Å². The molecule has 2 aromatic carbocycles. The molecule has 2 aromatic rings. The van der Waals surface area contributed by atoms with Crippen LogP contribution in [0.5, 0.6) is 0 Å². The van der Waals surface area contributed by atoms with Gasteiger partial charge in [-0.2, -0.15) is 0 Å².